The molecule has 2 heterocycles. The van der Waals surface area contributed by atoms with E-state index in [1.807, 2.05) is 24.3 Å². The summed E-state index contributed by atoms with van der Waals surface area (Å²) in [6, 6.07) is 7.67. The minimum atomic E-state index is -0.906. The summed E-state index contributed by atoms with van der Waals surface area (Å²) in [5.74, 6) is 0.00809. The minimum absolute atomic E-state index is 0.00809. The summed E-state index contributed by atoms with van der Waals surface area (Å²) in [5, 5.41) is 11.9. The van der Waals surface area contributed by atoms with E-state index < -0.39 is 11.5 Å². The first kappa shape index (κ1) is 11.1. The van der Waals surface area contributed by atoms with Crippen LogP contribution in [0.2, 0.25) is 0 Å². The number of rotatable bonds is 0. The molecule has 5 heteroatoms. The Kier molecular flexibility index (Phi) is 2.29. The van der Waals surface area contributed by atoms with E-state index in [0.717, 1.165) is 11.3 Å². The zero-order valence-electron chi connectivity index (χ0n) is 9.85. The van der Waals surface area contributed by atoms with Crippen LogP contribution >= 0.6 is 0 Å². The lowest BCUT2D eigenvalue weighted by molar-refractivity contribution is -0.122. The van der Waals surface area contributed by atoms with Crippen LogP contribution in [0.15, 0.2) is 24.3 Å². The van der Waals surface area contributed by atoms with Crippen molar-refractivity contribution in [2.24, 2.45) is 0 Å². The average Bonchev–Trinajstić information content (AvgIpc) is 2.64. The Morgan fingerprint density at radius 3 is 2.61 bits per heavy atom. The Labute approximate surface area is 104 Å². The van der Waals surface area contributed by atoms with Crippen LogP contribution in [0.3, 0.4) is 0 Å². The van der Waals surface area contributed by atoms with Gasteiger partial charge in [-0.1, -0.05) is 18.2 Å². The van der Waals surface area contributed by atoms with Crippen molar-refractivity contribution in [2.45, 2.75) is 18.3 Å². The van der Waals surface area contributed by atoms with Crippen LogP contribution in [-0.2, 0) is 10.2 Å². The van der Waals surface area contributed by atoms with Crippen molar-refractivity contribution in [1.29, 1.82) is 0 Å². The van der Waals surface area contributed by atoms with Gasteiger partial charge in [-0.15, -0.1) is 0 Å². The van der Waals surface area contributed by atoms with E-state index in [1.54, 1.807) is 0 Å². The fourth-order valence-electron chi connectivity index (χ4n) is 2.95. The molecule has 2 amide bonds. The number of carboxylic acid groups (broad SMARTS) is 1. The van der Waals surface area contributed by atoms with E-state index in [2.05, 4.69) is 5.32 Å². The van der Waals surface area contributed by atoms with Crippen LogP contribution in [0.1, 0.15) is 18.4 Å². The van der Waals surface area contributed by atoms with Crippen molar-refractivity contribution >= 4 is 17.7 Å². The van der Waals surface area contributed by atoms with Gasteiger partial charge in [0, 0.05) is 18.8 Å². The number of piperidine rings is 1. The summed E-state index contributed by atoms with van der Waals surface area (Å²) in [5.41, 5.74) is 1.36. The molecule has 1 spiro atoms. The van der Waals surface area contributed by atoms with Gasteiger partial charge in [-0.05, 0) is 24.5 Å². The molecule has 1 saturated heterocycles. The number of fused-ring (bicyclic) bond motifs is 2. The van der Waals surface area contributed by atoms with E-state index in [1.165, 1.54) is 4.90 Å². The highest BCUT2D eigenvalue weighted by Gasteiger charge is 2.48. The highest BCUT2D eigenvalue weighted by Crippen LogP contribution is 2.44. The minimum Gasteiger partial charge on any atom is -0.465 e. The Hall–Kier alpha value is -2.04. The van der Waals surface area contributed by atoms with E-state index in [0.29, 0.717) is 25.9 Å². The number of carbonyl (C=O) groups excluding carboxylic acids is 1. The van der Waals surface area contributed by atoms with Gasteiger partial charge in [0.15, 0.2) is 0 Å². The highest BCUT2D eigenvalue weighted by molar-refractivity contribution is 6.06. The Balaban J connectivity index is 1.93. The molecule has 0 aromatic heterocycles. The summed E-state index contributed by atoms with van der Waals surface area (Å²) in [4.78, 5) is 24.5. The van der Waals surface area contributed by atoms with Crippen LogP contribution in [-0.4, -0.2) is 35.1 Å². The van der Waals surface area contributed by atoms with Crippen molar-refractivity contribution in [2.75, 3.05) is 18.4 Å². The van der Waals surface area contributed by atoms with Gasteiger partial charge in [0.2, 0.25) is 5.91 Å². The number of anilines is 1. The molecule has 5 nitrogen and oxygen atoms in total. The predicted octanol–water partition coefficient (Wildman–Crippen LogP) is 1.65. The lowest BCUT2D eigenvalue weighted by Gasteiger charge is -2.36. The smallest absolute Gasteiger partial charge is 0.407 e. The van der Waals surface area contributed by atoms with Crippen molar-refractivity contribution < 1.29 is 14.7 Å². The summed E-state index contributed by atoms with van der Waals surface area (Å²) in [7, 11) is 0. The molecule has 94 valence electrons. The first-order valence-corrected chi connectivity index (χ1v) is 6.02. The van der Waals surface area contributed by atoms with Gasteiger partial charge in [-0.3, -0.25) is 4.79 Å². The Bertz CT molecular complexity index is 519. The second-order valence-corrected chi connectivity index (χ2v) is 4.85. The molecule has 0 bridgehead atoms. The lowest BCUT2D eigenvalue weighted by Crippen LogP contribution is -2.47. The Morgan fingerprint density at radius 2 is 1.94 bits per heavy atom. The number of hydrogen-bond donors (Lipinski definition) is 2. The van der Waals surface area contributed by atoms with Gasteiger partial charge in [0.1, 0.15) is 0 Å². The quantitative estimate of drug-likeness (QED) is 0.731. The standard InChI is InChI=1S/C13H14N2O3/c16-11-13(5-7-15(8-6-13)12(17)18)9-3-1-2-4-10(9)14-11/h1-4H,5-8H2,(H,14,16)(H,17,18). The summed E-state index contributed by atoms with van der Waals surface area (Å²) < 4.78 is 0. The number of para-hydroxylation sites is 1. The maximum Gasteiger partial charge on any atom is 0.407 e. The average molecular weight is 246 g/mol. The molecule has 0 saturated carbocycles. The molecule has 0 aliphatic carbocycles. The molecule has 1 aromatic rings. The number of amides is 2. The zero-order chi connectivity index (χ0) is 12.8. The maximum absolute atomic E-state index is 12.2. The third-order valence-corrected chi connectivity index (χ3v) is 4.01. The number of likely N-dealkylation sites (tertiary alicyclic amines) is 1. The molecule has 0 unspecified atom stereocenters. The predicted molar refractivity (Wildman–Crippen MR) is 65.6 cm³/mol. The van der Waals surface area contributed by atoms with Gasteiger partial charge in [0.05, 0.1) is 5.41 Å². The normalized spacial score (nSPS) is 20.7. The summed E-state index contributed by atoms with van der Waals surface area (Å²) >= 11 is 0. The van der Waals surface area contributed by atoms with Crippen LogP contribution < -0.4 is 5.32 Å². The third-order valence-electron chi connectivity index (χ3n) is 4.01. The molecule has 18 heavy (non-hydrogen) atoms. The molecule has 1 fully saturated rings. The number of nitrogens with one attached hydrogen (secondary N) is 1. The van der Waals surface area contributed by atoms with E-state index >= 15 is 0 Å². The van der Waals surface area contributed by atoms with Crippen LogP contribution in [0.25, 0.3) is 0 Å². The van der Waals surface area contributed by atoms with Crippen molar-refractivity contribution in [1.82, 2.24) is 4.90 Å². The van der Waals surface area contributed by atoms with Gasteiger partial charge in [-0.2, -0.15) is 0 Å². The van der Waals surface area contributed by atoms with Crippen LogP contribution in [0.5, 0.6) is 0 Å². The van der Waals surface area contributed by atoms with Gasteiger partial charge < -0.3 is 15.3 Å². The first-order chi connectivity index (χ1) is 8.63. The van der Waals surface area contributed by atoms with Crippen molar-refractivity contribution in [3.8, 4) is 0 Å². The molecule has 3 rings (SSSR count). The highest BCUT2D eigenvalue weighted by atomic mass is 16.4. The number of benzene rings is 1. The van der Waals surface area contributed by atoms with Crippen LogP contribution in [0, 0.1) is 0 Å². The van der Waals surface area contributed by atoms with Crippen molar-refractivity contribution in [3.63, 3.8) is 0 Å². The fourth-order valence-corrected chi connectivity index (χ4v) is 2.95. The van der Waals surface area contributed by atoms with E-state index in [-0.39, 0.29) is 5.91 Å². The molecule has 2 aliphatic heterocycles. The van der Waals surface area contributed by atoms with Crippen molar-refractivity contribution in [3.05, 3.63) is 29.8 Å². The molecular formula is C13H14N2O3. The molecular weight excluding hydrogens is 232 g/mol. The second-order valence-electron chi connectivity index (χ2n) is 4.85. The molecule has 1 aromatic carbocycles. The molecule has 2 aliphatic rings. The fraction of sp³-hybridized carbons (Fsp3) is 0.385. The second kappa shape index (κ2) is 3.73. The lowest BCUT2D eigenvalue weighted by atomic mass is 9.74. The monoisotopic (exact) mass is 246 g/mol. The molecule has 2 N–H and O–H groups in total. The van der Waals surface area contributed by atoms with Gasteiger partial charge >= 0.3 is 6.09 Å². The van der Waals surface area contributed by atoms with E-state index in [4.69, 9.17) is 5.11 Å². The number of nitrogens with zero attached hydrogens (tertiary/aromatic N) is 1. The summed E-state index contributed by atoms with van der Waals surface area (Å²) in [6.45, 7) is 0.828. The summed E-state index contributed by atoms with van der Waals surface area (Å²) in [6.07, 6.45) is 0.209. The van der Waals surface area contributed by atoms with Gasteiger partial charge in [0.25, 0.3) is 0 Å². The molecule has 0 radical (unpaired) electrons. The number of carbonyl (C=O) groups is 2. The van der Waals surface area contributed by atoms with E-state index in [9.17, 15) is 9.59 Å². The van der Waals surface area contributed by atoms with Crippen LogP contribution in [0.4, 0.5) is 10.5 Å². The SMILES string of the molecule is O=C(O)N1CCC2(CC1)C(=O)Nc1ccccc12. The zero-order valence-corrected chi connectivity index (χ0v) is 9.85. The third kappa shape index (κ3) is 1.40. The van der Waals surface area contributed by atoms with Gasteiger partial charge in [-0.25, -0.2) is 4.79 Å². The largest absolute Gasteiger partial charge is 0.465 e. The molecule has 0 atom stereocenters. The number of hydrogen-bond acceptors (Lipinski definition) is 2. The first-order valence-electron chi connectivity index (χ1n) is 6.02. The Morgan fingerprint density at radius 1 is 1.28 bits per heavy atom. The topological polar surface area (TPSA) is 69.6 Å². The maximum atomic E-state index is 12.2.